The van der Waals surface area contributed by atoms with Gasteiger partial charge >= 0.3 is 0 Å². The number of aromatic amines is 1. The lowest BCUT2D eigenvalue weighted by atomic mass is 10.2. The number of hydrogen-bond acceptors (Lipinski definition) is 4. The maximum Gasteiger partial charge on any atom is 0.230 e. The van der Waals surface area contributed by atoms with E-state index < -0.39 is 0 Å². The van der Waals surface area contributed by atoms with Crippen molar-refractivity contribution >= 4 is 28.7 Å². The fraction of sp³-hybridized carbons (Fsp3) is 0.353. The summed E-state index contributed by atoms with van der Waals surface area (Å²) in [5, 5.41) is 3.70. The molecular formula is C17H21N5OS. The molecule has 0 unspecified atom stereocenters. The first-order chi connectivity index (χ1) is 11.5. The highest BCUT2D eigenvalue weighted by molar-refractivity contribution is 7.99. The maximum absolute atomic E-state index is 12.0. The minimum atomic E-state index is 0.00567. The van der Waals surface area contributed by atoms with Gasteiger partial charge in [-0.05, 0) is 38.5 Å². The van der Waals surface area contributed by atoms with Crippen molar-refractivity contribution < 1.29 is 4.79 Å². The lowest BCUT2D eigenvalue weighted by molar-refractivity contribution is -0.118. The van der Waals surface area contributed by atoms with Gasteiger partial charge in [-0.1, -0.05) is 17.8 Å². The van der Waals surface area contributed by atoms with Gasteiger partial charge in [-0.25, -0.2) is 9.97 Å². The Labute approximate surface area is 145 Å². The Hall–Kier alpha value is -2.28. The molecule has 3 rings (SSSR count). The average Bonchev–Trinajstić information content (AvgIpc) is 3.10. The Morgan fingerprint density at radius 3 is 2.92 bits per heavy atom. The Morgan fingerprint density at radius 2 is 2.17 bits per heavy atom. The van der Waals surface area contributed by atoms with Gasteiger partial charge in [0.05, 0.1) is 28.8 Å². The van der Waals surface area contributed by atoms with Crippen molar-refractivity contribution in [2.45, 2.75) is 32.5 Å². The van der Waals surface area contributed by atoms with E-state index in [-0.39, 0.29) is 5.91 Å². The predicted molar refractivity (Wildman–Crippen MR) is 96.3 cm³/mol. The summed E-state index contributed by atoms with van der Waals surface area (Å²) >= 11 is 1.42. The number of aromatic nitrogens is 4. The van der Waals surface area contributed by atoms with Crippen molar-refractivity contribution in [3.8, 4) is 0 Å². The van der Waals surface area contributed by atoms with Crippen LogP contribution in [-0.4, -0.2) is 37.7 Å². The summed E-state index contributed by atoms with van der Waals surface area (Å²) in [4.78, 5) is 23.9. The second kappa shape index (κ2) is 7.09. The van der Waals surface area contributed by atoms with Crippen LogP contribution >= 0.6 is 11.8 Å². The number of amides is 1. The number of rotatable bonds is 6. The lowest BCUT2D eigenvalue weighted by Crippen LogP contribution is -2.28. The summed E-state index contributed by atoms with van der Waals surface area (Å²) in [6.45, 7) is 7.38. The number of benzene rings is 1. The van der Waals surface area contributed by atoms with Crippen LogP contribution in [0.4, 0.5) is 0 Å². The van der Waals surface area contributed by atoms with Gasteiger partial charge in [0.25, 0.3) is 0 Å². The van der Waals surface area contributed by atoms with Crippen molar-refractivity contribution in [2.75, 3.05) is 12.3 Å². The maximum atomic E-state index is 12.0. The molecule has 7 heteroatoms. The molecule has 0 aliphatic carbocycles. The number of carbonyl (C=O) groups excluding carboxylic acids is 1. The molecule has 2 heterocycles. The molecule has 0 saturated heterocycles. The second-order valence-corrected chi connectivity index (χ2v) is 6.77. The van der Waals surface area contributed by atoms with Crippen LogP contribution in [0.1, 0.15) is 17.0 Å². The molecule has 0 spiro atoms. The van der Waals surface area contributed by atoms with Gasteiger partial charge in [-0.2, -0.15) is 0 Å². The summed E-state index contributed by atoms with van der Waals surface area (Å²) in [6, 6.07) is 6.08. The first kappa shape index (κ1) is 16.6. The Kier molecular flexibility index (Phi) is 4.89. The van der Waals surface area contributed by atoms with Crippen LogP contribution in [0.3, 0.4) is 0 Å². The zero-order valence-corrected chi connectivity index (χ0v) is 14.9. The summed E-state index contributed by atoms with van der Waals surface area (Å²) in [6.07, 6.45) is 1.81. The van der Waals surface area contributed by atoms with E-state index >= 15 is 0 Å². The first-order valence-electron chi connectivity index (χ1n) is 7.87. The van der Waals surface area contributed by atoms with Gasteiger partial charge in [0.1, 0.15) is 0 Å². The van der Waals surface area contributed by atoms with Crippen molar-refractivity contribution in [3.05, 3.63) is 41.5 Å². The van der Waals surface area contributed by atoms with E-state index in [1.807, 2.05) is 43.8 Å². The molecule has 0 atom stereocenters. The van der Waals surface area contributed by atoms with E-state index in [1.165, 1.54) is 17.3 Å². The van der Waals surface area contributed by atoms with Crippen LogP contribution in [0.5, 0.6) is 0 Å². The van der Waals surface area contributed by atoms with Crippen LogP contribution in [0.15, 0.2) is 29.7 Å². The summed E-state index contributed by atoms with van der Waals surface area (Å²) < 4.78 is 2.05. The molecule has 3 aromatic rings. The molecule has 0 fully saturated rings. The van der Waals surface area contributed by atoms with Crippen molar-refractivity contribution in [1.29, 1.82) is 0 Å². The first-order valence-corrected chi connectivity index (χ1v) is 8.85. The zero-order chi connectivity index (χ0) is 17.1. The Morgan fingerprint density at radius 1 is 1.33 bits per heavy atom. The Balaban J connectivity index is 1.47. The predicted octanol–water partition coefficient (Wildman–Crippen LogP) is 2.59. The molecule has 0 bridgehead atoms. The quantitative estimate of drug-likeness (QED) is 0.675. The number of aryl methyl sites for hydroxylation is 2. The second-order valence-electron chi connectivity index (χ2n) is 5.81. The van der Waals surface area contributed by atoms with E-state index in [0.29, 0.717) is 12.3 Å². The highest BCUT2D eigenvalue weighted by Crippen LogP contribution is 2.20. The molecule has 126 valence electrons. The summed E-state index contributed by atoms with van der Waals surface area (Å²) in [7, 11) is 0. The monoisotopic (exact) mass is 343 g/mol. The number of nitrogens with one attached hydrogen (secondary N) is 2. The molecule has 1 amide bonds. The molecule has 2 N–H and O–H groups in total. The summed E-state index contributed by atoms with van der Waals surface area (Å²) in [5.74, 6) is 0.354. The topological polar surface area (TPSA) is 75.6 Å². The van der Waals surface area contributed by atoms with Crippen LogP contribution in [0, 0.1) is 20.8 Å². The molecule has 2 aromatic heterocycles. The van der Waals surface area contributed by atoms with E-state index in [0.717, 1.165) is 34.1 Å². The molecule has 1 aromatic carbocycles. The fourth-order valence-corrected chi connectivity index (χ4v) is 3.15. The molecule has 24 heavy (non-hydrogen) atoms. The minimum Gasteiger partial charge on any atom is -0.354 e. The third-order valence-electron chi connectivity index (χ3n) is 3.98. The van der Waals surface area contributed by atoms with Crippen LogP contribution in [0.2, 0.25) is 0 Å². The number of thioether (sulfide) groups is 1. The van der Waals surface area contributed by atoms with Gasteiger partial charge in [0.15, 0.2) is 5.16 Å². The normalized spacial score (nSPS) is 11.1. The average molecular weight is 343 g/mol. The third kappa shape index (κ3) is 3.79. The smallest absolute Gasteiger partial charge is 0.230 e. The number of nitrogens with zero attached hydrogens (tertiary/aromatic N) is 3. The van der Waals surface area contributed by atoms with Crippen molar-refractivity contribution in [1.82, 2.24) is 24.8 Å². The SMILES string of the molecule is Cc1ccc2nc(SCC(=O)NCCn3cnc(C)c3C)[nH]c2c1. The van der Waals surface area contributed by atoms with E-state index in [4.69, 9.17) is 0 Å². The molecular weight excluding hydrogens is 322 g/mol. The van der Waals surface area contributed by atoms with Crippen LogP contribution in [-0.2, 0) is 11.3 Å². The minimum absolute atomic E-state index is 0.00567. The zero-order valence-electron chi connectivity index (χ0n) is 14.1. The number of fused-ring (bicyclic) bond motifs is 1. The standard InChI is InChI=1S/C17H21N5OS/c1-11-4-5-14-15(8-11)21-17(20-14)24-9-16(23)18-6-7-22-10-19-12(2)13(22)3/h4-5,8,10H,6-7,9H2,1-3H3,(H,18,23)(H,20,21). The van der Waals surface area contributed by atoms with E-state index in [1.54, 1.807) is 0 Å². The Bertz CT molecular complexity index is 867. The molecule has 0 aliphatic heterocycles. The van der Waals surface area contributed by atoms with E-state index in [9.17, 15) is 4.79 Å². The number of hydrogen-bond donors (Lipinski definition) is 2. The fourth-order valence-electron chi connectivity index (χ4n) is 2.44. The largest absolute Gasteiger partial charge is 0.354 e. The van der Waals surface area contributed by atoms with Gasteiger partial charge in [-0.3, -0.25) is 4.79 Å². The van der Waals surface area contributed by atoms with Gasteiger partial charge in [-0.15, -0.1) is 0 Å². The number of H-pyrrole nitrogens is 1. The molecule has 0 aliphatic rings. The van der Waals surface area contributed by atoms with Gasteiger partial charge in [0.2, 0.25) is 5.91 Å². The highest BCUT2D eigenvalue weighted by Gasteiger charge is 2.08. The van der Waals surface area contributed by atoms with Crippen molar-refractivity contribution in [3.63, 3.8) is 0 Å². The van der Waals surface area contributed by atoms with Crippen molar-refractivity contribution in [2.24, 2.45) is 0 Å². The van der Waals surface area contributed by atoms with Crippen LogP contribution < -0.4 is 5.32 Å². The third-order valence-corrected chi connectivity index (χ3v) is 4.85. The molecule has 0 saturated carbocycles. The molecule has 0 radical (unpaired) electrons. The van der Waals surface area contributed by atoms with Gasteiger partial charge in [0, 0.05) is 18.8 Å². The van der Waals surface area contributed by atoms with Gasteiger partial charge < -0.3 is 14.9 Å². The summed E-state index contributed by atoms with van der Waals surface area (Å²) in [5.41, 5.74) is 5.27. The van der Waals surface area contributed by atoms with Crippen LogP contribution in [0.25, 0.3) is 11.0 Å². The number of carbonyl (C=O) groups is 1. The lowest BCUT2D eigenvalue weighted by Gasteiger charge is -2.07. The molecule has 6 nitrogen and oxygen atoms in total. The highest BCUT2D eigenvalue weighted by atomic mass is 32.2. The number of imidazole rings is 2. The van der Waals surface area contributed by atoms with E-state index in [2.05, 4.69) is 26.3 Å².